The van der Waals surface area contributed by atoms with Crippen molar-refractivity contribution in [2.75, 3.05) is 44.2 Å². The minimum absolute atomic E-state index is 0.0868. The maximum Gasteiger partial charge on any atom is 0.317 e. The zero-order chi connectivity index (χ0) is 20.5. The van der Waals surface area contributed by atoms with Crippen LogP contribution < -0.4 is 5.32 Å². The molecule has 0 aliphatic carbocycles. The molecular formula is C21H30N4O3S. The number of rotatable bonds is 4. The summed E-state index contributed by atoms with van der Waals surface area (Å²) in [6.07, 6.45) is 5.52. The van der Waals surface area contributed by atoms with Crippen LogP contribution in [0.3, 0.4) is 0 Å². The number of fused-ring (bicyclic) bond motifs is 1. The Balaban J connectivity index is 0.000000755. The number of amides is 2. The van der Waals surface area contributed by atoms with Crippen LogP contribution in [-0.4, -0.2) is 82.7 Å². The Bertz CT molecular complexity index is 783. The average Bonchev–Trinajstić information content (AvgIpc) is 3.18. The minimum atomic E-state index is -0.250. The van der Waals surface area contributed by atoms with E-state index in [-0.39, 0.29) is 12.5 Å². The predicted octanol–water partition coefficient (Wildman–Crippen LogP) is 2.63. The van der Waals surface area contributed by atoms with E-state index in [2.05, 4.69) is 51.4 Å². The van der Waals surface area contributed by atoms with Crippen LogP contribution in [0.25, 0.3) is 10.9 Å². The van der Waals surface area contributed by atoms with Crippen molar-refractivity contribution in [2.45, 2.75) is 25.3 Å². The van der Waals surface area contributed by atoms with Gasteiger partial charge >= 0.3 is 6.03 Å². The van der Waals surface area contributed by atoms with Gasteiger partial charge in [0, 0.05) is 55.9 Å². The maximum absolute atomic E-state index is 12.5. The second-order valence-corrected chi connectivity index (χ2v) is 8.54. The molecule has 0 bridgehead atoms. The molecule has 1 aromatic carbocycles. The van der Waals surface area contributed by atoms with Crippen molar-refractivity contribution in [1.82, 2.24) is 20.1 Å². The number of para-hydroxylation sites is 1. The van der Waals surface area contributed by atoms with E-state index in [0.717, 1.165) is 44.2 Å². The van der Waals surface area contributed by atoms with E-state index in [0.29, 0.717) is 6.54 Å². The predicted molar refractivity (Wildman–Crippen MR) is 118 cm³/mol. The molecule has 7 nitrogen and oxygen atoms in total. The van der Waals surface area contributed by atoms with E-state index in [4.69, 9.17) is 9.90 Å². The van der Waals surface area contributed by atoms with Gasteiger partial charge in [0.05, 0.1) is 0 Å². The smallest absolute Gasteiger partial charge is 0.317 e. The van der Waals surface area contributed by atoms with Crippen molar-refractivity contribution in [3.63, 3.8) is 0 Å². The van der Waals surface area contributed by atoms with Gasteiger partial charge in [0.2, 0.25) is 0 Å². The lowest BCUT2D eigenvalue weighted by molar-refractivity contribution is -0.122. The Hall–Kier alpha value is -2.19. The fourth-order valence-corrected chi connectivity index (χ4v) is 5.18. The number of carbonyl (C=O) groups excluding carboxylic acids is 1. The molecule has 0 radical (unpaired) electrons. The number of carbonyl (C=O) groups is 2. The molecule has 4 rings (SSSR count). The van der Waals surface area contributed by atoms with Gasteiger partial charge in [-0.3, -0.25) is 9.69 Å². The molecular weight excluding hydrogens is 388 g/mol. The monoisotopic (exact) mass is 418 g/mol. The first kappa shape index (κ1) is 21.5. The number of aromatic nitrogens is 1. The van der Waals surface area contributed by atoms with E-state index < -0.39 is 0 Å². The molecule has 3 N–H and O–H groups in total. The summed E-state index contributed by atoms with van der Waals surface area (Å²) < 4.78 is 0. The van der Waals surface area contributed by atoms with Crippen molar-refractivity contribution >= 4 is 35.2 Å². The number of hydrogen-bond donors (Lipinski definition) is 3. The van der Waals surface area contributed by atoms with Crippen molar-refractivity contribution < 1.29 is 14.7 Å². The normalized spacial score (nSPS) is 18.1. The standard InChI is InChI=1S/C20H28N4OS.CH2O2/c25-20(21-8-5-16-15-22-19-4-2-1-3-18(16)19)24-11-9-23(10-12-24)17-6-13-26-14-7-17;2-1-3/h1-4,15,17,22H,5-14H2,(H,21,25);1H,(H,2,3). The molecule has 0 unspecified atom stereocenters. The summed E-state index contributed by atoms with van der Waals surface area (Å²) in [4.78, 5) is 28.7. The summed E-state index contributed by atoms with van der Waals surface area (Å²) in [6, 6.07) is 9.14. The van der Waals surface area contributed by atoms with Crippen LogP contribution in [0.2, 0.25) is 0 Å². The van der Waals surface area contributed by atoms with Gasteiger partial charge in [-0.15, -0.1) is 0 Å². The van der Waals surface area contributed by atoms with Gasteiger partial charge < -0.3 is 20.3 Å². The Morgan fingerprint density at radius 1 is 1.21 bits per heavy atom. The summed E-state index contributed by atoms with van der Waals surface area (Å²) in [5.74, 6) is 2.58. The third kappa shape index (κ3) is 5.90. The molecule has 0 atom stereocenters. The fourth-order valence-electron chi connectivity index (χ4n) is 4.09. The Kier molecular flexibility index (Phi) is 8.25. The summed E-state index contributed by atoms with van der Waals surface area (Å²) >= 11 is 2.07. The van der Waals surface area contributed by atoms with Crippen LogP contribution in [0, 0.1) is 0 Å². The SMILES string of the molecule is O=C(NCCc1c[nH]c2ccccc12)N1CCN(C2CCSCC2)CC1.O=CO. The van der Waals surface area contributed by atoms with Crippen molar-refractivity contribution in [2.24, 2.45) is 0 Å². The summed E-state index contributed by atoms with van der Waals surface area (Å²) in [5, 5.41) is 11.2. The van der Waals surface area contributed by atoms with Gasteiger partial charge in [-0.2, -0.15) is 11.8 Å². The number of carboxylic acid groups (broad SMARTS) is 1. The highest BCUT2D eigenvalue weighted by Crippen LogP contribution is 2.22. The molecule has 1 aromatic heterocycles. The van der Waals surface area contributed by atoms with Gasteiger partial charge in [-0.25, -0.2) is 4.79 Å². The first-order valence-electron chi connectivity index (χ1n) is 10.2. The number of benzene rings is 1. The fraction of sp³-hybridized carbons (Fsp3) is 0.524. The van der Waals surface area contributed by atoms with Crippen LogP contribution in [0.1, 0.15) is 18.4 Å². The number of nitrogens with zero attached hydrogens (tertiary/aromatic N) is 2. The molecule has 2 aromatic rings. The Morgan fingerprint density at radius 2 is 1.90 bits per heavy atom. The molecule has 2 amide bonds. The molecule has 2 saturated heterocycles. The molecule has 158 valence electrons. The topological polar surface area (TPSA) is 88.7 Å². The van der Waals surface area contributed by atoms with Gasteiger partial charge in [0.1, 0.15) is 0 Å². The van der Waals surface area contributed by atoms with E-state index in [1.807, 2.05) is 11.0 Å². The molecule has 2 aliphatic rings. The van der Waals surface area contributed by atoms with Gasteiger partial charge in [0.15, 0.2) is 0 Å². The first-order chi connectivity index (χ1) is 14.2. The third-order valence-corrected chi connectivity index (χ3v) is 6.70. The second kappa shape index (κ2) is 11.1. The van der Waals surface area contributed by atoms with Gasteiger partial charge in [-0.1, -0.05) is 18.2 Å². The largest absolute Gasteiger partial charge is 0.483 e. The van der Waals surface area contributed by atoms with Crippen molar-refractivity contribution in [1.29, 1.82) is 0 Å². The number of aromatic amines is 1. The van der Waals surface area contributed by atoms with Gasteiger partial charge in [-0.05, 0) is 42.4 Å². The van der Waals surface area contributed by atoms with Crippen LogP contribution >= 0.6 is 11.8 Å². The lowest BCUT2D eigenvalue weighted by atomic mass is 10.1. The van der Waals surface area contributed by atoms with Crippen molar-refractivity contribution in [3.05, 3.63) is 36.0 Å². The zero-order valence-electron chi connectivity index (χ0n) is 16.7. The molecule has 0 spiro atoms. The van der Waals surface area contributed by atoms with E-state index in [9.17, 15) is 4.79 Å². The maximum atomic E-state index is 12.5. The Morgan fingerprint density at radius 3 is 2.62 bits per heavy atom. The van der Waals surface area contributed by atoms with Crippen LogP contribution in [0.4, 0.5) is 4.79 Å². The summed E-state index contributed by atoms with van der Waals surface area (Å²) in [6.45, 7) is 4.17. The molecule has 2 aliphatic heterocycles. The number of hydrogen-bond acceptors (Lipinski definition) is 4. The highest BCUT2D eigenvalue weighted by Gasteiger charge is 2.26. The number of piperazine rings is 1. The second-order valence-electron chi connectivity index (χ2n) is 7.31. The van der Waals surface area contributed by atoms with Gasteiger partial charge in [0.25, 0.3) is 6.47 Å². The van der Waals surface area contributed by atoms with Crippen LogP contribution in [-0.2, 0) is 11.2 Å². The molecule has 29 heavy (non-hydrogen) atoms. The molecule has 2 fully saturated rings. The quantitative estimate of drug-likeness (QED) is 0.665. The molecule has 0 saturated carbocycles. The average molecular weight is 419 g/mol. The van der Waals surface area contributed by atoms with Crippen LogP contribution in [0.5, 0.6) is 0 Å². The summed E-state index contributed by atoms with van der Waals surface area (Å²) in [7, 11) is 0. The summed E-state index contributed by atoms with van der Waals surface area (Å²) in [5.41, 5.74) is 2.42. The van der Waals surface area contributed by atoms with E-state index in [1.54, 1.807) is 0 Å². The van der Waals surface area contributed by atoms with Crippen molar-refractivity contribution in [3.8, 4) is 0 Å². The van der Waals surface area contributed by atoms with E-state index in [1.165, 1.54) is 35.3 Å². The molecule has 8 heteroatoms. The number of thioether (sulfide) groups is 1. The molecule has 3 heterocycles. The highest BCUT2D eigenvalue weighted by atomic mass is 32.2. The first-order valence-corrected chi connectivity index (χ1v) is 11.4. The highest BCUT2D eigenvalue weighted by molar-refractivity contribution is 7.99. The number of nitrogens with one attached hydrogen (secondary N) is 2. The lowest BCUT2D eigenvalue weighted by Crippen LogP contribution is -2.54. The van der Waals surface area contributed by atoms with Crippen LogP contribution in [0.15, 0.2) is 30.5 Å². The Labute approximate surface area is 175 Å². The number of H-pyrrole nitrogens is 1. The zero-order valence-corrected chi connectivity index (χ0v) is 17.5. The number of urea groups is 1. The van der Waals surface area contributed by atoms with E-state index >= 15 is 0 Å². The lowest BCUT2D eigenvalue weighted by Gasteiger charge is -2.40. The third-order valence-electron chi connectivity index (χ3n) is 5.65. The minimum Gasteiger partial charge on any atom is -0.483 e.